The Morgan fingerprint density at radius 2 is 2.11 bits per heavy atom. The minimum absolute atomic E-state index is 0.103. The first-order valence-corrected chi connectivity index (χ1v) is 7.35. The lowest BCUT2D eigenvalue weighted by Gasteiger charge is -2.28. The molecule has 1 aliphatic rings. The van der Waals surface area contributed by atoms with Crippen molar-refractivity contribution in [2.75, 3.05) is 18.0 Å². The smallest absolute Gasteiger partial charge is 0.0702 e. The van der Waals surface area contributed by atoms with Crippen LogP contribution < -0.4 is 4.90 Å². The Balaban J connectivity index is 2.19. The molecule has 2 nitrogen and oxygen atoms in total. The molecule has 1 aromatic rings. The van der Waals surface area contributed by atoms with Gasteiger partial charge in [-0.25, -0.2) is 0 Å². The molecule has 1 saturated heterocycles. The molecule has 1 aromatic carbocycles. The summed E-state index contributed by atoms with van der Waals surface area (Å²) < 4.78 is 1.03. The first-order valence-electron chi connectivity index (χ1n) is 6.56. The minimum atomic E-state index is 0.103. The quantitative estimate of drug-likeness (QED) is 0.897. The number of benzene rings is 1. The Morgan fingerprint density at radius 3 is 2.67 bits per heavy atom. The van der Waals surface area contributed by atoms with Crippen LogP contribution in [0.15, 0.2) is 22.7 Å². The Hall–Kier alpha value is -0.540. The lowest BCUT2D eigenvalue weighted by molar-refractivity contribution is 0.263. The molecule has 1 unspecified atom stereocenters. The van der Waals surface area contributed by atoms with Crippen molar-refractivity contribution in [2.45, 2.75) is 33.8 Å². The van der Waals surface area contributed by atoms with Gasteiger partial charge in [-0.05, 0) is 36.0 Å². The van der Waals surface area contributed by atoms with E-state index in [2.05, 4.69) is 53.7 Å². The van der Waals surface area contributed by atoms with Crippen molar-refractivity contribution in [3.63, 3.8) is 0 Å². The molecule has 0 spiro atoms. The lowest BCUT2D eigenvalue weighted by Crippen LogP contribution is -2.26. The molecule has 2 rings (SSSR count). The number of hydrogen-bond donors (Lipinski definition) is 1. The monoisotopic (exact) mass is 311 g/mol. The zero-order chi connectivity index (χ0) is 13.3. The highest BCUT2D eigenvalue weighted by Gasteiger charge is 2.32. The molecule has 0 radical (unpaired) electrons. The van der Waals surface area contributed by atoms with E-state index in [1.54, 1.807) is 0 Å². The zero-order valence-electron chi connectivity index (χ0n) is 11.4. The minimum Gasteiger partial charge on any atom is -0.392 e. The summed E-state index contributed by atoms with van der Waals surface area (Å²) in [6.45, 7) is 9.24. The average Bonchev–Trinajstić information content (AvgIpc) is 2.77. The van der Waals surface area contributed by atoms with Gasteiger partial charge in [0.25, 0.3) is 0 Å². The molecule has 1 N–H and O–H groups in total. The van der Waals surface area contributed by atoms with Crippen molar-refractivity contribution in [3.05, 3.63) is 28.2 Å². The van der Waals surface area contributed by atoms with Crippen LogP contribution in [-0.2, 0) is 6.61 Å². The summed E-state index contributed by atoms with van der Waals surface area (Å²) >= 11 is 3.46. The van der Waals surface area contributed by atoms with Crippen molar-refractivity contribution in [3.8, 4) is 0 Å². The summed E-state index contributed by atoms with van der Waals surface area (Å²) in [6.07, 6.45) is 1.24. The Kier molecular flexibility index (Phi) is 4.02. The highest BCUT2D eigenvalue weighted by molar-refractivity contribution is 9.10. The molecule has 100 valence electrons. The van der Waals surface area contributed by atoms with E-state index in [0.29, 0.717) is 5.41 Å². The summed E-state index contributed by atoms with van der Waals surface area (Å²) in [5.74, 6) is 0.729. The summed E-state index contributed by atoms with van der Waals surface area (Å²) in [5, 5.41) is 9.48. The molecule has 0 aliphatic carbocycles. The highest BCUT2D eigenvalue weighted by atomic mass is 79.9. The number of anilines is 1. The summed E-state index contributed by atoms with van der Waals surface area (Å²) in [7, 11) is 0. The number of halogens is 1. The van der Waals surface area contributed by atoms with Crippen molar-refractivity contribution in [2.24, 2.45) is 11.3 Å². The molecule has 0 saturated carbocycles. The fourth-order valence-electron chi connectivity index (χ4n) is 2.68. The van der Waals surface area contributed by atoms with Crippen LogP contribution in [-0.4, -0.2) is 18.2 Å². The third kappa shape index (κ3) is 2.89. The van der Waals surface area contributed by atoms with Gasteiger partial charge in [-0.3, -0.25) is 0 Å². The molecule has 0 amide bonds. The maximum absolute atomic E-state index is 9.48. The number of nitrogens with zero attached hydrogens (tertiary/aromatic N) is 1. The Morgan fingerprint density at radius 1 is 1.39 bits per heavy atom. The number of aliphatic hydroxyl groups excluding tert-OH is 1. The first kappa shape index (κ1) is 13.9. The first-order chi connectivity index (χ1) is 8.41. The number of hydrogen-bond acceptors (Lipinski definition) is 2. The summed E-state index contributed by atoms with van der Waals surface area (Å²) in [6, 6.07) is 6.18. The zero-order valence-corrected chi connectivity index (χ0v) is 13.0. The van der Waals surface area contributed by atoms with E-state index in [4.69, 9.17) is 0 Å². The molecular weight excluding hydrogens is 290 g/mol. The van der Waals surface area contributed by atoms with Crippen LogP contribution in [0, 0.1) is 11.3 Å². The maximum atomic E-state index is 9.48. The van der Waals surface area contributed by atoms with E-state index in [1.807, 2.05) is 6.07 Å². The van der Waals surface area contributed by atoms with Crippen molar-refractivity contribution >= 4 is 21.6 Å². The molecule has 1 atom stereocenters. The van der Waals surface area contributed by atoms with Gasteiger partial charge in [0.05, 0.1) is 6.61 Å². The molecule has 1 aliphatic heterocycles. The van der Waals surface area contributed by atoms with Crippen LogP contribution in [0.2, 0.25) is 0 Å². The van der Waals surface area contributed by atoms with Crippen molar-refractivity contribution in [1.82, 2.24) is 0 Å². The van der Waals surface area contributed by atoms with E-state index in [-0.39, 0.29) is 6.61 Å². The predicted octanol–water partition coefficient (Wildman–Crippen LogP) is 3.81. The fraction of sp³-hybridized carbons (Fsp3) is 0.600. The van der Waals surface area contributed by atoms with E-state index in [0.717, 1.165) is 29.0 Å². The Bertz CT molecular complexity index is 425. The van der Waals surface area contributed by atoms with Gasteiger partial charge in [0.15, 0.2) is 0 Å². The SMILES string of the molecule is CC(C)(C)C1CCN(c2ccc(Br)cc2CO)C1. The second-order valence-electron chi connectivity index (χ2n) is 6.23. The topological polar surface area (TPSA) is 23.5 Å². The standard InChI is InChI=1S/C15H22BrNO/c1-15(2,3)12-6-7-17(9-12)14-5-4-13(16)8-11(14)10-18/h4-5,8,12,18H,6-7,9-10H2,1-3H3. The molecule has 0 bridgehead atoms. The molecule has 0 aromatic heterocycles. The largest absolute Gasteiger partial charge is 0.392 e. The number of aliphatic hydroxyl groups is 1. The van der Waals surface area contributed by atoms with Gasteiger partial charge in [0, 0.05) is 28.8 Å². The third-order valence-corrected chi connectivity index (χ3v) is 4.46. The third-order valence-electron chi connectivity index (χ3n) is 3.97. The summed E-state index contributed by atoms with van der Waals surface area (Å²) in [5.41, 5.74) is 2.56. The van der Waals surface area contributed by atoms with E-state index in [1.165, 1.54) is 12.1 Å². The average molecular weight is 312 g/mol. The molecule has 3 heteroatoms. The van der Waals surface area contributed by atoms with Crippen LogP contribution in [0.25, 0.3) is 0 Å². The van der Waals surface area contributed by atoms with Crippen molar-refractivity contribution < 1.29 is 5.11 Å². The summed E-state index contributed by atoms with van der Waals surface area (Å²) in [4.78, 5) is 2.41. The second-order valence-corrected chi connectivity index (χ2v) is 7.14. The highest BCUT2D eigenvalue weighted by Crippen LogP contribution is 2.37. The van der Waals surface area contributed by atoms with Crippen LogP contribution in [0.3, 0.4) is 0 Å². The molecule has 18 heavy (non-hydrogen) atoms. The molecule has 1 heterocycles. The van der Waals surface area contributed by atoms with E-state index < -0.39 is 0 Å². The lowest BCUT2D eigenvalue weighted by atomic mass is 9.80. The molecular formula is C15H22BrNO. The maximum Gasteiger partial charge on any atom is 0.0702 e. The number of rotatable bonds is 2. The van der Waals surface area contributed by atoms with Gasteiger partial charge in [-0.2, -0.15) is 0 Å². The molecule has 1 fully saturated rings. The fourth-order valence-corrected chi connectivity index (χ4v) is 3.08. The van der Waals surface area contributed by atoms with Gasteiger partial charge in [0.2, 0.25) is 0 Å². The second kappa shape index (κ2) is 5.22. The van der Waals surface area contributed by atoms with Gasteiger partial charge in [-0.15, -0.1) is 0 Å². The van der Waals surface area contributed by atoms with Gasteiger partial charge in [0.1, 0.15) is 0 Å². The van der Waals surface area contributed by atoms with Crippen LogP contribution in [0.5, 0.6) is 0 Å². The van der Waals surface area contributed by atoms with E-state index in [9.17, 15) is 5.11 Å². The van der Waals surface area contributed by atoms with Gasteiger partial charge in [-0.1, -0.05) is 36.7 Å². The Labute approximate surface area is 118 Å². The predicted molar refractivity (Wildman–Crippen MR) is 79.8 cm³/mol. The van der Waals surface area contributed by atoms with Gasteiger partial charge < -0.3 is 10.0 Å². The van der Waals surface area contributed by atoms with Crippen molar-refractivity contribution in [1.29, 1.82) is 0 Å². The van der Waals surface area contributed by atoms with E-state index >= 15 is 0 Å². The normalized spacial score (nSPS) is 20.5. The van der Waals surface area contributed by atoms with Crippen LogP contribution >= 0.6 is 15.9 Å². The van der Waals surface area contributed by atoms with Crippen LogP contribution in [0.4, 0.5) is 5.69 Å². The van der Waals surface area contributed by atoms with Gasteiger partial charge >= 0.3 is 0 Å². The van der Waals surface area contributed by atoms with Crippen LogP contribution in [0.1, 0.15) is 32.8 Å².